The number of nitrogens with one attached hydrogen (secondary N) is 2. The highest BCUT2D eigenvalue weighted by molar-refractivity contribution is 5.92. The summed E-state index contributed by atoms with van der Waals surface area (Å²) in [6, 6.07) is 5.81. The first-order chi connectivity index (χ1) is 11.8. The van der Waals surface area contributed by atoms with Crippen LogP contribution < -0.4 is 10.6 Å². The second-order valence-electron chi connectivity index (χ2n) is 7.17. The van der Waals surface area contributed by atoms with Gasteiger partial charge in [-0.2, -0.15) is 0 Å². The van der Waals surface area contributed by atoms with Crippen LogP contribution in [0.1, 0.15) is 33.1 Å². The number of halogens is 1. The van der Waals surface area contributed by atoms with Gasteiger partial charge in [-0.3, -0.25) is 14.5 Å². The van der Waals surface area contributed by atoms with Crippen LogP contribution in [0.2, 0.25) is 0 Å². The normalized spacial score (nSPS) is 23.3. The maximum absolute atomic E-state index is 12.9. The second-order valence-corrected chi connectivity index (χ2v) is 7.17. The maximum atomic E-state index is 12.9. The molecular formula is C19H28FN3O2. The number of amides is 2. The first-order valence-corrected chi connectivity index (χ1v) is 8.88. The van der Waals surface area contributed by atoms with E-state index in [1.165, 1.54) is 30.7 Å². The van der Waals surface area contributed by atoms with Gasteiger partial charge in [0.2, 0.25) is 11.8 Å². The summed E-state index contributed by atoms with van der Waals surface area (Å²) in [5.74, 6) is 0.464. The van der Waals surface area contributed by atoms with Crippen molar-refractivity contribution >= 4 is 17.5 Å². The van der Waals surface area contributed by atoms with Gasteiger partial charge in [-0.1, -0.05) is 26.7 Å². The third kappa shape index (κ3) is 6.12. The van der Waals surface area contributed by atoms with Crippen LogP contribution in [0.4, 0.5) is 10.1 Å². The summed E-state index contributed by atoms with van der Waals surface area (Å²) >= 11 is 0. The summed E-state index contributed by atoms with van der Waals surface area (Å²) in [7, 11) is 1.73. The van der Waals surface area contributed by atoms with Crippen molar-refractivity contribution in [1.29, 1.82) is 0 Å². The molecule has 0 aliphatic heterocycles. The van der Waals surface area contributed by atoms with Crippen LogP contribution in [0.3, 0.4) is 0 Å². The monoisotopic (exact) mass is 349 g/mol. The molecule has 138 valence electrons. The third-order valence-electron chi connectivity index (χ3n) is 5.01. The van der Waals surface area contributed by atoms with E-state index < -0.39 is 0 Å². The summed E-state index contributed by atoms with van der Waals surface area (Å²) in [6.45, 7) is 4.69. The fourth-order valence-corrected chi connectivity index (χ4v) is 3.32. The third-order valence-corrected chi connectivity index (χ3v) is 5.01. The van der Waals surface area contributed by atoms with Crippen molar-refractivity contribution < 1.29 is 14.0 Å². The van der Waals surface area contributed by atoms with Gasteiger partial charge in [-0.25, -0.2) is 4.39 Å². The summed E-state index contributed by atoms with van der Waals surface area (Å²) in [5, 5.41) is 5.79. The topological polar surface area (TPSA) is 61.4 Å². The number of benzene rings is 1. The fourth-order valence-electron chi connectivity index (χ4n) is 3.32. The Balaban J connectivity index is 1.75. The lowest BCUT2D eigenvalue weighted by atomic mass is 9.78. The Labute approximate surface area is 149 Å². The fraction of sp³-hybridized carbons (Fsp3) is 0.579. The van der Waals surface area contributed by atoms with Gasteiger partial charge in [0.25, 0.3) is 0 Å². The van der Waals surface area contributed by atoms with E-state index in [2.05, 4.69) is 24.5 Å². The zero-order chi connectivity index (χ0) is 18.4. The lowest BCUT2D eigenvalue weighted by Gasteiger charge is -2.34. The van der Waals surface area contributed by atoms with Crippen LogP contribution in [0, 0.1) is 17.7 Å². The van der Waals surface area contributed by atoms with Crippen LogP contribution in [-0.4, -0.2) is 42.9 Å². The molecule has 1 saturated carbocycles. The van der Waals surface area contributed by atoms with Crippen molar-refractivity contribution in [3.63, 3.8) is 0 Å². The van der Waals surface area contributed by atoms with Gasteiger partial charge >= 0.3 is 0 Å². The molecule has 5 nitrogen and oxygen atoms in total. The minimum atomic E-state index is -0.349. The van der Waals surface area contributed by atoms with Crippen molar-refractivity contribution in [1.82, 2.24) is 10.2 Å². The van der Waals surface area contributed by atoms with E-state index in [1.54, 1.807) is 11.9 Å². The van der Waals surface area contributed by atoms with E-state index in [0.717, 1.165) is 12.8 Å². The first-order valence-electron chi connectivity index (χ1n) is 8.88. The van der Waals surface area contributed by atoms with Crippen LogP contribution in [-0.2, 0) is 9.59 Å². The Morgan fingerprint density at radius 2 is 1.76 bits per heavy atom. The van der Waals surface area contributed by atoms with Gasteiger partial charge < -0.3 is 10.6 Å². The number of anilines is 1. The molecule has 3 atom stereocenters. The molecule has 1 aliphatic rings. The van der Waals surface area contributed by atoms with E-state index in [-0.39, 0.29) is 36.8 Å². The number of rotatable bonds is 6. The molecule has 1 fully saturated rings. The smallest absolute Gasteiger partial charge is 0.238 e. The Morgan fingerprint density at radius 3 is 2.44 bits per heavy atom. The molecule has 2 rings (SSSR count). The zero-order valence-electron chi connectivity index (χ0n) is 15.2. The molecule has 1 aromatic rings. The van der Waals surface area contributed by atoms with Gasteiger partial charge in [-0.05, 0) is 49.6 Å². The number of nitrogens with zero attached hydrogens (tertiary/aromatic N) is 1. The van der Waals surface area contributed by atoms with Crippen molar-refractivity contribution in [3.8, 4) is 0 Å². The van der Waals surface area contributed by atoms with Crippen molar-refractivity contribution in [2.45, 2.75) is 39.2 Å². The van der Waals surface area contributed by atoms with E-state index >= 15 is 0 Å². The molecular weight excluding hydrogens is 321 g/mol. The van der Waals surface area contributed by atoms with Crippen molar-refractivity contribution in [2.75, 3.05) is 25.5 Å². The molecule has 0 saturated heterocycles. The standard InChI is InChI=1S/C19H28FN3O2/c1-13-5-4-6-17(14(13)2)22-19(25)12-23(3)11-18(24)21-16-9-7-15(20)8-10-16/h7-10,13-14,17H,4-6,11-12H2,1-3H3,(H,21,24)(H,22,25)/t13-,14-,17-/m1/s1. The van der Waals surface area contributed by atoms with Gasteiger partial charge in [0.15, 0.2) is 0 Å². The lowest BCUT2D eigenvalue weighted by molar-refractivity contribution is -0.124. The molecule has 2 amide bonds. The average Bonchev–Trinajstić information content (AvgIpc) is 2.53. The van der Waals surface area contributed by atoms with Gasteiger partial charge in [0.05, 0.1) is 13.1 Å². The summed E-state index contributed by atoms with van der Waals surface area (Å²) in [6.07, 6.45) is 3.38. The van der Waals surface area contributed by atoms with E-state index in [1.807, 2.05) is 0 Å². The molecule has 0 radical (unpaired) electrons. The zero-order valence-corrected chi connectivity index (χ0v) is 15.2. The van der Waals surface area contributed by atoms with Crippen LogP contribution in [0.5, 0.6) is 0 Å². The molecule has 0 unspecified atom stereocenters. The first kappa shape index (κ1) is 19.4. The second kappa shape index (κ2) is 8.94. The molecule has 6 heteroatoms. The molecule has 0 spiro atoms. The van der Waals surface area contributed by atoms with Crippen LogP contribution >= 0.6 is 0 Å². The molecule has 0 heterocycles. The Kier molecular flexibility index (Phi) is 6.93. The molecule has 1 aliphatic carbocycles. The highest BCUT2D eigenvalue weighted by Gasteiger charge is 2.28. The Bertz CT molecular complexity index is 591. The van der Waals surface area contributed by atoms with Crippen LogP contribution in [0.25, 0.3) is 0 Å². The largest absolute Gasteiger partial charge is 0.352 e. The molecule has 2 N–H and O–H groups in total. The minimum absolute atomic E-state index is 0.0527. The quantitative estimate of drug-likeness (QED) is 0.830. The number of likely N-dealkylation sites (N-methyl/N-ethyl adjacent to an activating group) is 1. The average molecular weight is 349 g/mol. The van der Waals surface area contributed by atoms with Gasteiger partial charge in [-0.15, -0.1) is 0 Å². The van der Waals surface area contributed by atoms with Crippen molar-refractivity contribution in [2.24, 2.45) is 11.8 Å². The molecule has 25 heavy (non-hydrogen) atoms. The summed E-state index contributed by atoms with van der Waals surface area (Å²) in [4.78, 5) is 25.9. The predicted octanol–water partition coefficient (Wildman–Crippen LogP) is 2.64. The van der Waals surface area contributed by atoms with E-state index in [4.69, 9.17) is 0 Å². The Hall–Kier alpha value is -1.95. The predicted molar refractivity (Wildman–Crippen MR) is 96.6 cm³/mol. The SMILES string of the molecule is C[C@@H]1[C@H](C)CCC[C@H]1NC(=O)CN(C)CC(=O)Nc1ccc(F)cc1. The lowest BCUT2D eigenvalue weighted by Crippen LogP contribution is -2.47. The minimum Gasteiger partial charge on any atom is -0.352 e. The van der Waals surface area contributed by atoms with Crippen molar-refractivity contribution in [3.05, 3.63) is 30.1 Å². The number of hydrogen-bond donors (Lipinski definition) is 2. The molecule has 0 bridgehead atoms. The number of hydrogen-bond acceptors (Lipinski definition) is 3. The Morgan fingerprint density at radius 1 is 1.12 bits per heavy atom. The van der Waals surface area contributed by atoms with Gasteiger partial charge in [0, 0.05) is 11.7 Å². The number of carbonyl (C=O) groups excluding carboxylic acids is 2. The summed E-state index contributed by atoms with van der Waals surface area (Å²) < 4.78 is 12.9. The molecule has 1 aromatic carbocycles. The maximum Gasteiger partial charge on any atom is 0.238 e. The van der Waals surface area contributed by atoms with E-state index in [0.29, 0.717) is 17.5 Å². The van der Waals surface area contributed by atoms with E-state index in [9.17, 15) is 14.0 Å². The summed E-state index contributed by atoms with van der Waals surface area (Å²) in [5.41, 5.74) is 0.536. The molecule has 0 aromatic heterocycles. The van der Waals surface area contributed by atoms with Crippen LogP contribution in [0.15, 0.2) is 24.3 Å². The number of carbonyl (C=O) groups is 2. The highest BCUT2D eigenvalue weighted by atomic mass is 19.1. The van der Waals surface area contributed by atoms with Gasteiger partial charge in [0.1, 0.15) is 5.82 Å². The highest BCUT2D eigenvalue weighted by Crippen LogP contribution is 2.29.